The zero-order chi connectivity index (χ0) is 54.7. The van der Waals surface area contributed by atoms with Gasteiger partial charge in [0.25, 0.3) is 0 Å². The van der Waals surface area contributed by atoms with E-state index >= 15 is 0 Å². The average Bonchev–Trinajstić information content (AvgIpc) is 3.39. The SMILES string of the molecule is CC/C=C\C/C=C\C/C=C\C/C=C\CCC(=O)OC1C(OCC(COC(=O)CCCCCCCCC/C=C\C/C=C\CCCCC)OC(=O)CCCCCCC/C=C\CCCCCCCC)OC(C(=O)O)C(O)C1O. The van der Waals surface area contributed by atoms with Gasteiger partial charge in [0.15, 0.2) is 24.6 Å². The monoisotopic (exact) mass is 1050 g/mol. The van der Waals surface area contributed by atoms with Gasteiger partial charge in [-0.1, -0.05) is 202 Å². The molecular formula is C63H104O12. The van der Waals surface area contributed by atoms with Crippen LogP contribution in [0.15, 0.2) is 85.1 Å². The van der Waals surface area contributed by atoms with E-state index in [4.69, 9.17) is 23.7 Å². The van der Waals surface area contributed by atoms with Crippen molar-refractivity contribution in [2.45, 2.75) is 276 Å². The molecule has 3 N–H and O–H groups in total. The molecule has 1 rings (SSSR count). The van der Waals surface area contributed by atoms with Crippen LogP contribution in [0.3, 0.4) is 0 Å². The van der Waals surface area contributed by atoms with Crippen molar-refractivity contribution in [3.63, 3.8) is 0 Å². The summed E-state index contributed by atoms with van der Waals surface area (Å²) in [4.78, 5) is 51.1. The van der Waals surface area contributed by atoms with Gasteiger partial charge in [-0.25, -0.2) is 4.79 Å². The fourth-order valence-electron chi connectivity index (χ4n) is 8.41. The lowest BCUT2D eigenvalue weighted by Crippen LogP contribution is -2.61. The van der Waals surface area contributed by atoms with Crippen molar-refractivity contribution < 1.29 is 58.2 Å². The lowest BCUT2D eigenvalue weighted by Gasteiger charge is -2.40. The Morgan fingerprint density at radius 1 is 0.453 bits per heavy atom. The second-order valence-corrected chi connectivity index (χ2v) is 19.9. The number of ether oxygens (including phenoxy) is 5. The summed E-state index contributed by atoms with van der Waals surface area (Å²) in [6.07, 6.45) is 52.8. The third kappa shape index (κ3) is 40.8. The zero-order valence-electron chi connectivity index (χ0n) is 47.0. The number of hydrogen-bond acceptors (Lipinski definition) is 11. The Morgan fingerprint density at radius 3 is 1.37 bits per heavy atom. The second-order valence-electron chi connectivity index (χ2n) is 19.9. The zero-order valence-corrected chi connectivity index (χ0v) is 47.0. The first-order valence-electron chi connectivity index (χ1n) is 29.6. The maximum atomic E-state index is 13.1. The van der Waals surface area contributed by atoms with Crippen molar-refractivity contribution in [1.29, 1.82) is 0 Å². The van der Waals surface area contributed by atoms with E-state index in [-0.39, 0.29) is 25.9 Å². The van der Waals surface area contributed by atoms with Crippen LogP contribution in [0.2, 0.25) is 0 Å². The van der Waals surface area contributed by atoms with Crippen LogP contribution in [0.4, 0.5) is 0 Å². The Hall–Kier alpha value is -4.10. The van der Waals surface area contributed by atoms with Crippen LogP contribution in [0, 0.1) is 0 Å². The fraction of sp³-hybridized carbons (Fsp3) is 0.714. The minimum atomic E-state index is -1.93. The molecule has 75 heavy (non-hydrogen) atoms. The summed E-state index contributed by atoms with van der Waals surface area (Å²) in [6, 6.07) is 0. The molecule has 6 atom stereocenters. The Bertz CT molecular complexity index is 1630. The van der Waals surface area contributed by atoms with Gasteiger partial charge in [-0.05, 0) is 103 Å². The van der Waals surface area contributed by atoms with E-state index < -0.39 is 67.3 Å². The number of esters is 3. The van der Waals surface area contributed by atoms with Crippen molar-refractivity contribution in [2.75, 3.05) is 13.2 Å². The predicted octanol–water partition coefficient (Wildman–Crippen LogP) is 15.1. The van der Waals surface area contributed by atoms with Gasteiger partial charge in [-0.3, -0.25) is 14.4 Å². The highest BCUT2D eigenvalue weighted by molar-refractivity contribution is 5.74. The lowest BCUT2D eigenvalue weighted by atomic mass is 9.98. The van der Waals surface area contributed by atoms with E-state index in [9.17, 15) is 34.5 Å². The highest BCUT2D eigenvalue weighted by Gasteiger charge is 2.50. The van der Waals surface area contributed by atoms with E-state index in [0.717, 1.165) is 96.3 Å². The molecule has 0 bridgehead atoms. The van der Waals surface area contributed by atoms with Crippen molar-refractivity contribution in [1.82, 2.24) is 0 Å². The number of carbonyl (C=O) groups excluding carboxylic acids is 3. The van der Waals surface area contributed by atoms with Crippen LogP contribution >= 0.6 is 0 Å². The van der Waals surface area contributed by atoms with Crippen molar-refractivity contribution >= 4 is 23.9 Å². The number of unbranched alkanes of at least 4 members (excludes halogenated alkanes) is 21. The number of carboxylic acid groups (broad SMARTS) is 1. The van der Waals surface area contributed by atoms with Crippen LogP contribution in [-0.4, -0.2) is 89.2 Å². The fourth-order valence-corrected chi connectivity index (χ4v) is 8.41. The third-order valence-corrected chi connectivity index (χ3v) is 12.9. The molecule has 1 aliphatic rings. The molecule has 12 heteroatoms. The summed E-state index contributed by atoms with van der Waals surface area (Å²) < 4.78 is 28.3. The molecule has 0 aromatic rings. The first-order chi connectivity index (χ1) is 36.6. The summed E-state index contributed by atoms with van der Waals surface area (Å²) in [5, 5.41) is 31.4. The number of aliphatic hydroxyl groups excluding tert-OH is 2. The number of rotatable bonds is 49. The second kappa shape index (κ2) is 50.7. The molecule has 0 spiro atoms. The molecule has 0 amide bonds. The molecule has 1 heterocycles. The van der Waals surface area contributed by atoms with Crippen LogP contribution in [0.25, 0.3) is 0 Å². The Kier molecular flexibility index (Phi) is 46.6. The van der Waals surface area contributed by atoms with Crippen LogP contribution < -0.4 is 0 Å². The number of carboxylic acids is 1. The summed E-state index contributed by atoms with van der Waals surface area (Å²) in [6.45, 7) is 5.80. The molecule has 0 saturated carbocycles. The summed E-state index contributed by atoms with van der Waals surface area (Å²) in [5.41, 5.74) is 0. The van der Waals surface area contributed by atoms with Gasteiger partial charge in [0.2, 0.25) is 0 Å². The van der Waals surface area contributed by atoms with Gasteiger partial charge >= 0.3 is 23.9 Å². The van der Waals surface area contributed by atoms with Crippen molar-refractivity contribution in [3.05, 3.63) is 85.1 Å². The van der Waals surface area contributed by atoms with Gasteiger partial charge in [0.1, 0.15) is 18.8 Å². The maximum absolute atomic E-state index is 13.1. The minimum Gasteiger partial charge on any atom is -0.479 e. The summed E-state index contributed by atoms with van der Waals surface area (Å²) in [5.74, 6) is -3.25. The normalized spacial score (nSPS) is 18.8. The molecular weight excluding hydrogens is 949 g/mol. The summed E-state index contributed by atoms with van der Waals surface area (Å²) in [7, 11) is 0. The van der Waals surface area contributed by atoms with E-state index in [1.807, 2.05) is 18.2 Å². The quantitative estimate of drug-likeness (QED) is 0.0228. The molecule has 0 aliphatic carbocycles. The van der Waals surface area contributed by atoms with Crippen LogP contribution in [-0.2, 0) is 42.9 Å². The Balaban J connectivity index is 2.74. The number of carbonyl (C=O) groups is 4. The first kappa shape index (κ1) is 68.9. The average molecular weight is 1050 g/mol. The lowest BCUT2D eigenvalue weighted by molar-refractivity contribution is -0.301. The third-order valence-electron chi connectivity index (χ3n) is 12.9. The topological polar surface area (TPSA) is 175 Å². The largest absolute Gasteiger partial charge is 0.479 e. The predicted molar refractivity (Wildman–Crippen MR) is 303 cm³/mol. The molecule has 6 unspecified atom stereocenters. The standard InChI is InChI=1S/C63H104O12/c1-4-7-10-13-16-19-22-25-27-28-30-32-34-37-40-43-46-49-55(64)71-52-54(73-56(65)50-47-44-41-38-36-33-29-26-23-20-17-14-11-8-5-2)53-72-63-61(59(68)58(67)60(75-63)62(69)70)74-57(66)51-48-45-42-39-35-31-24-21-18-15-12-9-6-3/h9,12,16,18-19,21,25-27,29,31,35,42,45,54,58-61,63,67-68H,4-8,10-11,13-15,17,20,22-24,28,30,32-34,36-41,43-44,46-53H2,1-3H3,(H,69,70)/b12-9-,19-16-,21-18-,27-25-,29-26-,35-31-,45-42-. The van der Waals surface area contributed by atoms with Gasteiger partial charge in [-0.2, -0.15) is 0 Å². The first-order valence-corrected chi connectivity index (χ1v) is 29.6. The van der Waals surface area contributed by atoms with Crippen molar-refractivity contribution in [2.24, 2.45) is 0 Å². The smallest absolute Gasteiger partial charge is 0.335 e. The highest BCUT2D eigenvalue weighted by atomic mass is 16.7. The van der Waals surface area contributed by atoms with E-state index in [0.29, 0.717) is 25.7 Å². The van der Waals surface area contributed by atoms with Gasteiger partial charge in [0, 0.05) is 19.3 Å². The number of hydrogen-bond donors (Lipinski definition) is 3. The molecule has 1 saturated heterocycles. The van der Waals surface area contributed by atoms with E-state index in [1.54, 1.807) is 0 Å². The number of aliphatic carboxylic acids is 1. The maximum Gasteiger partial charge on any atom is 0.335 e. The molecule has 428 valence electrons. The Morgan fingerprint density at radius 2 is 0.867 bits per heavy atom. The van der Waals surface area contributed by atoms with Crippen LogP contribution in [0.1, 0.15) is 239 Å². The van der Waals surface area contributed by atoms with Gasteiger partial charge in [0.05, 0.1) is 6.61 Å². The minimum absolute atomic E-state index is 0.0647. The molecule has 1 aliphatic heterocycles. The van der Waals surface area contributed by atoms with Crippen molar-refractivity contribution in [3.8, 4) is 0 Å². The molecule has 0 aromatic carbocycles. The number of aliphatic hydroxyl groups is 2. The van der Waals surface area contributed by atoms with Gasteiger partial charge < -0.3 is 39.0 Å². The van der Waals surface area contributed by atoms with E-state index in [2.05, 4.69) is 87.6 Å². The molecule has 0 aromatic heterocycles. The molecule has 12 nitrogen and oxygen atoms in total. The molecule has 0 radical (unpaired) electrons. The number of allylic oxidation sites excluding steroid dienone is 14. The Labute approximate surface area is 454 Å². The molecule has 1 fully saturated rings. The highest BCUT2D eigenvalue weighted by Crippen LogP contribution is 2.26. The van der Waals surface area contributed by atoms with Gasteiger partial charge in [-0.15, -0.1) is 0 Å². The van der Waals surface area contributed by atoms with Crippen LogP contribution in [0.5, 0.6) is 0 Å². The van der Waals surface area contributed by atoms with E-state index in [1.165, 1.54) is 77.0 Å². The summed E-state index contributed by atoms with van der Waals surface area (Å²) >= 11 is 0.